The van der Waals surface area contributed by atoms with Gasteiger partial charge in [-0.1, -0.05) is 0 Å². The number of nitrogens with two attached hydrogens (primary N) is 1. The van der Waals surface area contributed by atoms with Gasteiger partial charge in [0.2, 0.25) is 0 Å². The Morgan fingerprint density at radius 1 is 1.64 bits per heavy atom. The first-order valence-corrected chi connectivity index (χ1v) is 4.84. The Morgan fingerprint density at radius 3 is 3.00 bits per heavy atom. The summed E-state index contributed by atoms with van der Waals surface area (Å²) >= 11 is 0. The third-order valence-electron chi connectivity index (χ3n) is 2.64. The first kappa shape index (κ1) is 11.9. The van der Waals surface area contributed by atoms with Crippen molar-refractivity contribution in [2.24, 2.45) is 5.73 Å². The second-order valence-electron chi connectivity index (χ2n) is 3.39. The fourth-order valence-electron chi connectivity index (χ4n) is 1.74. The Morgan fingerprint density at radius 2 is 2.43 bits per heavy atom. The fourth-order valence-corrected chi connectivity index (χ4v) is 1.74. The Hall–Kier alpha value is -0.200. The molecule has 0 spiro atoms. The second-order valence-corrected chi connectivity index (χ2v) is 3.39. The zero-order chi connectivity index (χ0) is 10.4. The van der Waals surface area contributed by atoms with Crippen molar-refractivity contribution in [3.05, 3.63) is 0 Å². The molecule has 2 unspecified atom stereocenters. The topological polar surface area (TPSA) is 73.9 Å². The van der Waals surface area contributed by atoms with Crippen LogP contribution in [-0.2, 0) is 14.2 Å². The van der Waals surface area contributed by atoms with Gasteiger partial charge >= 0.3 is 0 Å². The van der Waals surface area contributed by atoms with Gasteiger partial charge in [-0.05, 0) is 0 Å². The molecule has 0 aliphatic carbocycles. The van der Waals surface area contributed by atoms with E-state index in [0.29, 0.717) is 26.2 Å². The summed E-state index contributed by atoms with van der Waals surface area (Å²) in [7, 11) is 1.62. The quantitative estimate of drug-likeness (QED) is 0.610. The summed E-state index contributed by atoms with van der Waals surface area (Å²) in [4.78, 5) is 0. The summed E-state index contributed by atoms with van der Waals surface area (Å²) in [5.74, 6) is 0. The first-order valence-electron chi connectivity index (χ1n) is 4.84. The van der Waals surface area contributed by atoms with Gasteiger partial charge < -0.3 is 25.1 Å². The lowest BCUT2D eigenvalue weighted by Gasteiger charge is -2.41. The third-order valence-corrected chi connectivity index (χ3v) is 2.64. The number of hydrogen-bond acceptors (Lipinski definition) is 5. The van der Waals surface area contributed by atoms with E-state index in [-0.39, 0.29) is 19.3 Å². The van der Waals surface area contributed by atoms with E-state index in [9.17, 15) is 0 Å². The number of methoxy groups -OCH3 is 1. The van der Waals surface area contributed by atoms with Crippen LogP contribution in [0.25, 0.3) is 0 Å². The minimum absolute atomic E-state index is 0.000951. The SMILES string of the molecule is COC1COCCC1(CN)OCCO. The summed E-state index contributed by atoms with van der Waals surface area (Å²) < 4.78 is 16.2. The molecule has 0 bridgehead atoms. The lowest BCUT2D eigenvalue weighted by molar-refractivity contribution is -0.190. The summed E-state index contributed by atoms with van der Waals surface area (Å²) in [6.07, 6.45) is 0.565. The molecule has 5 nitrogen and oxygen atoms in total. The highest BCUT2D eigenvalue weighted by atomic mass is 16.6. The molecule has 2 atom stereocenters. The van der Waals surface area contributed by atoms with E-state index >= 15 is 0 Å². The average Bonchev–Trinajstić information content (AvgIpc) is 2.26. The Labute approximate surface area is 84.1 Å². The van der Waals surface area contributed by atoms with Gasteiger partial charge in [-0.15, -0.1) is 0 Å². The van der Waals surface area contributed by atoms with Crippen LogP contribution >= 0.6 is 0 Å². The van der Waals surface area contributed by atoms with Crippen molar-refractivity contribution in [1.29, 1.82) is 0 Å². The zero-order valence-corrected chi connectivity index (χ0v) is 8.57. The zero-order valence-electron chi connectivity index (χ0n) is 8.57. The Kier molecular flexibility index (Phi) is 4.77. The van der Waals surface area contributed by atoms with Gasteiger partial charge in [-0.3, -0.25) is 0 Å². The van der Waals surface area contributed by atoms with Crippen LogP contribution in [0.4, 0.5) is 0 Å². The molecule has 1 aliphatic rings. The normalized spacial score (nSPS) is 33.2. The van der Waals surface area contributed by atoms with Crippen LogP contribution in [0.1, 0.15) is 6.42 Å². The van der Waals surface area contributed by atoms with Crippen molar-refractivity contribution in [3.8, 4) is 0 Å². The van der Waals surface area contributed by atoms with Crippen molar-refractivity contribution in [3.63, 3.8) is 0 Å². The standard InChI is InChI=1S/C9H19NO4/c1-12-8-6-13-4-2-9(8,7-10)14-5-3-11/h8,11H,2-7,10H2,1H3. The maximum Gasteiger partial charge on any atom is 0.111 e. The number of ether oxygens (including phenoxy) is 3. The molecule has 5 heteroatoms. The molecule has 84 valence electrons. The predicted molar refractivity (Wildman–Crippen MR) is 51.1 cm³/mol. The van der Waals surface area contributed by atoms with Crippen molar-refractivity contribution < 1.29 is 19.3 Å². The molecule has 1 heterocycles. The summed E-state index contributed by atoms with van der Waals surface area (Å²) in [6, 6.07) is 0. The maximum absolute atomic E-state index is 8.73. The fraction of sp³-hybridized carbons (Fsp3) is 1.00. The van der Waals surface area contributed by atoms with Crippen LogP contribution < -0.4 is 5.73 Å². The molecule has 1 aliphatic heterocycles. The van der Waals surface area contributed by atoms with Crippen molar-refractivity contribution >= 4 is 0 Å². The molecule has 0 aromatic carbocycles. The highest BCUT2D eigenvalue weighted by Crippen LogP contribution is 2.26. The summed E-state index contributed by atoms with van der Waals surface area (Å²) in [5, 5.41) is 8.73. The number of aliphatic hydroxyl groups is 1. The lowest BCUT2D eigenvalue weighted by Crippen LogP contribution is -2.57. The Bertz CT molecular complexity index is 167. The molecule has 0 saturated carbocycles. The number of aliphatic hydroxyl groups excluding tert-OH is 1. The molecule has 1 saturated heterocycles. The predicted octanol–water partition coefficient (Wildman–Crippen LogP) is -0.872. The summed E-state index contributed by atoms with van der Waals surface area (Å²) in [6.45, 7) is 1.80. The molecule has 1 rings (SSSR count). The van der Waals surface area contributed by atoms with Crippen LogP contribution in [0.15, 0.2) is 0 Å². The minimum atomic E-state index is -0.490. The number of hydrogen-bond donors (Lipinski definition) is 2. The molecule has 0 aromatic heterocycles. The van der Waals surface area contributed by atoms with Gasteiger partial charge in [0.25, 0.3) is 0 Å². The smallest absolute Gasteiger partial charge is 0.111 e. The third kappa shape index (κ3) is 2.43. The molecule has 0 aromatic rings. The first-order chi connectivity index (χ1) is 6.79. The van der Waals surface area contributed by atoms with Crippen LogP contribution in [0.5, 0.6) is 0 Å². The molecular weight excluding hydrogens is 186 g/mol. The highest BCUT2D eigenvalue weighted by molar-refractivity contribution is 4.93. The van der Waals surface area contributed by atoms with Crippen molar-refractivity contribution in [2.75, 3.05) is 40.1 Å². The maximum atomic E-state index is 8.73. The van der Waals surface area contributed by atoms with Crippen molar-refractivity contribution in [1.82, 2.24) is 0 Å². The van der Waals surface area contributed by atoms with Gasteiger partial charge in [-0.25, -0.2) is 0 Å². The van der Waals surface area contributed by atoms with E-state index in [1.54, 1.807) is 7.11 Å². The molecule has 3 N–H and O–H groups in total. The van der Waals surface area contributed by atoms with E-state index in [0.717, 1.165) is 0 Å². The molecule has 14 heavy (non-hydrogen) atoms. The molecule has 0 amide bonds. The van der Waals surface area contributed by atoms with Crippen LogP contribution in [0, 0.1) is 0 Å². The van der Waals surface area contributed by atoms with Gasteiger partial charge in [0.15, 0.2) is 0 Å². The van der Waals surface area contributed by atoms with Crippen LogP contribution in [-0.4, -0.2) is 56.9 Å². The number of rotatable bonds is 5. The van der Waals surface area contributed by atoms with Crippen molar-refractivity contribution in [2.45, 2.75) is 18.1 Å². The van der Waals surface area contributed by atoms with Gasteiger partial charge in [-0.2, -0.15) is 0 Å². The van der Waals surface area contributed by atoms with Gasteiger partial charge in [0.1, 0.15) is 11.7 Å². The van der Waals surface area contributed by atoms with Gasteiger partial charge in [0.05, 0.1) is 19.8 Å². The molecule has 1 fully saturated rings. The molecular formula is C9H19NO4. The van der Waals surface area contributed by atoms with Crippen LogP contribution in [0.3, 0.4) is 0 Å². The van der Waals surface area contributed by atoms with E-state index < -0.39 is 5.60 Å². The van der Waals surface area contributed by atoms with Gasteiger partial charge in [0, 0.05) is 26.7 Å². The Balaban J connectivity index is 2.60. The largest absolute Gasteiger partial charge is 0.394 e. The van der Waals surface area contributed by atoms with E-state index in [2.05, 4.69) is 0 Å². The molecule has 0 radical (unpaired) electrons. The van der Waals surface area contributed by atoms with E-state index in [4.69, 9.17) is 25.1 Å². The second kappa shape index (κ2) is 5.63. The highest BCUT2D eigenvalue weighted by Gasteiger charge is 2.41. The van der Waals surface area contributed by atoms with E-state index in [1.807, 2.05) is 0 Å². The monoisotopic (exact) mass is 205 g/mol. The minimum Gasteiger partial charge on any atom is -0.394 e. The lowest BCUT2D eigenvalue weighted by atomic mass is 9.91. The summed E-state index contributed by atoms with van der Waals surface area (Å²) in [5.41, 5.74) is 5.21. The van der Waals surface area contributed by atoms with Crippen LogP contribution in [0.2, 0.25) is 0 Å². The average molecular weight is 205 g/mol. The van der Waals surface area contributed by atoms with E-state index in [1.165, 1.54) is 0 Å².